The topological polar surface area (TPSA) is 86.5 Å². The molecule has 0 unspecified atom stereocenters. The Hall–Kier alpha value is -2.57. The van der Waals surface area contributed by atoms with Crippen molar-refractivity contribution in [3.05, 3.63) is 29.6 Å². The van der Waals surface area contributed by atoms with Crippen molar-refractivity contribution in [2.75, 3.05) is 6.79 Å². The summed E-state index contributed by atoms with van der Waals surface area (Å²) in [6, 6.07) is 5.47. The molecule has 1 aliphatic carbocycles. The largest absolute Gasteiger partial charge is 0.476 e. The number of benzene rings is 1. The van der Waals surface area contributed by atoms with Crippen LogP contribution in [-0.2, 0) is 0 Å². The molecule has 7 heteroatoms. The van der Waals surface area contributed by atoms with Gasteiger partial charge in [0, 0.05) is 12.0 Å². The lowest BCUT2D eigenvalue weighted by Crippen LogP contribution is -2.14. The van der Waals surface area contributed by atoms with E-state index in [9.17, 15) is 9.90 Å². The highest BCUT2D eigenvalue weighted by atomic mass is 16.7. The summed E-state index contributed by atoms with van der Waals surface area (Å²) in [6.45, 7) is 0.200. The minimum Gasteiger partial charge on any atom is -0.476 e. The number of hydrogen-bond acceptors (Lipinski definition) is 5. The fourth-order valence-electron chi connectivity index (χ4n) is 3.39. The van der Waals surface area contributed by atoms with Crippen molar-refractivity contribution < 1.29 is 19.4 Å². The number of hydrogen-bond donors (Lipinski definition) is 1. The average Bonchev–Trinajstić information content (AvgIpc) is 3.21. The number of carbonyl (C=O) groups is 1. The third kappa shape index (κ3) is 2.42. The van der Waals surface area contributed by atoms with Gasteiger partial charge in [0.2, 0.25) is 6.79 Å². The van der Waals surface area contributed by atoms with E-state index in [1.54, 1.807) is 4.68 Å². The summed E-state index contributed by atoms with van der Waals surface area (Å²) >= 11 is 0. The van der Waals surface area contributed by atoms with Gasteiger partial charge >= 0.3 is 5.97 Å². The zero-order chi connectivity index (χ0) is 15.8. The Bertz CT molecular complexity index is 750. The quantitative estimate of drug-likeness (QED) is 0.937. The van der Waals surface area contributed by atoms with Gasteiger partial charge in [-0.15, -0.1) is 5.10 Å². The van der Waals surface area contributed by atoms with E-state index in [0.717, 1.165) is 31.4 Å². The van der Waals surface area contributed by atoms with Gasteiger partial charge in [0.1, 0.15) is 0 Å². The Kier molecular flexibility index (Phi) is 3.40. The van der Waals surface area contributed by atoms with Crippen molar-refractivity contribution in [3.8, 4) is 17.2 Å². The van der Waals surface area contributed by atoms with Gasteiger partial charge in [-0.1, -0.05) is 24.5 Å². The second kappa shape index (κ2) is 5.57. The minimum atomic E-state index is -1.03. The van der Waals surface area contributed by atoms with Crippen LogP contribution in [0, 0.1) is 0 Å². The summed E-state index contributed by atoms with van der Waals surface area (Å²) in [5, 5.41) is 17.5. The zero-order valence-electron chi connectivity index (χ0n) is 12.6. The lowest BCUT2D eigenvalue weighted by Gasteiger charge is -2.22. The molecule has 1 aromatic heterocycles. The highest BCUT2D eigenvalue weighted by Crippen LogP contribution is 2.37. The highest BCUT2D eigenvalue weighted by Gasteiger charge is 2.29. The molecule has 2 aromatic rings. The Labute approximate surface area is 132 Å². The average molecular weight is 315 g/mol. The maximum Gasteiger partial charge on any atom is 0.358 e. The fraction of sp³-hybridized carbons (Fsp3) is 0.438. The number of aromatic nitrogens is 3. The van der Waals surface area contributed by atoms with Crippen LogP contribution < -0.4 is 9.47 Å². The van der Waals surface area contributed by atoms with E-state index >= 15 is 0 Å². The molecule has 1 aliphatic heterocycles. The van der Waals surface area contributed by atoms with Gasteiger partial charge in [-0.25, -0.2) is 9.48 Å². The predicted molar refractivity (Wildman–Crippen MR) is 80.3 cm³/mol. The number of carboxylic acids is 1. The van der Waals surface area contributed by atoms with Gasteiger partial charge in [0.25, 0.3) is 0 Å². The normalized spacial score (nSPS) is 17.4. The Morgan fingerprint density at radius 2 is 1.96 bits per heavy atom. The van der Waals surface area contributed by atoms with E-state index in [1.165, 1.54) is 6.42 Å². The molecule has 120 valence electrons. The zero-order valence-corrected chi connectivity index (χ0v) is 12.6. The smallest absolute Gasteiger partial charge is 0.358 e. The first-order chi connectivity index (χ1) is 11.2. The lowest BCUT2D eigenvalue weighted by atomic mass is 9.86. The van der Waals surface area contributed by atoms with E-state index < -0.39 is 5.97 Å². The fourth-order valence-corrected chi connectivity index (χ4v) is 3.39. The van der Waals surface area contributed by atoms with Crippen LogP contribution in [-0.4, -0.2) is 32.9 Å². The predicted octanol–water partition coefficient (Wildman–Crippen LogP) is 2.74. The summed E-state index contributed by atoms with van der Waals surface area (Å²) in [6.07, 6.45) is 5.35. The molecule has 0 atom stereocenters. The van der Waals surface area contributed by atoms with Crippen LogP contribution >= 0.6 is 0 Å². The molecule has 1 aromatic carbocycles. The molecule has 0 spiro atoms. The van der Waals surface area contributed by atoms with Crippen LogP contribution in [0.5, 0.6) is 11.5 Å². The molecule has 0 bridgehead atoms. The van der Waals surface area contributed by atoms with Crippen LogP contribution in [0.1, 0.15) is 54.2 Å². The molecule has 7 nitrogen and oxygen atoms in total. The molecule has 2 heterocycles. The highest BCUT2D eigenvalue weighted by molar-refractivity contribution is 5.86. The van der Waals surface area contributed by atoms with Crippen molar-refractivity contribution in [2.24, 2.45) is 0 Å². The third-order valence-electron chi connectivity index (χ3n) is 4.50. The van der Waals surface area contributed by atoms with E-state index in [0.29, 0.717) is 17.2 Å². The summed E-state index contributed by atoms with van der Waals surface area (Å²) in [4.78, 5) is 11.5. The van der Waals surface area contributed by atoms with E-state index in [1.807, 2.05) is 18.2 Å². The summed E-state index contributed by atoms with van der Waals surface area (Å²) < 4.78 is 12.4. The van der Waals surface area contributed by atoms with Crippen LogP contribution in [0.15, 0.2) is 18.2 Å². The number of rotatable bonds is 3. The van der Waals surface area contributed by atoms with E-state index in [4.69, 9.17) is 9.47 Å². The summed E-state index contributed by atoms with van der Waals surface area (Å²) in [5.41, 5.74) is 1.49. The molecule has 0 radical (unpaired) electrons. The molecular weight excluding hydrogens is 298 g/mol. The second-order valence-corrected chi connectivity index (χ2v) is 5.91. The number of aromatic carboxylic acids is 1. The maximum atomic E-state index is 11.5. The third-order valence-corrected chi connectivity index (χ3v) is 4.50. The Morgan fingerprint density at radius 1 is 1.17 bits per heavy atom. The molecule has 1 N–H and O–H groups in total. The van der Waals surface area contributed by atoms with Crippen molar-refractivity contribution in [3.63, 3.8) is 0 Å². The van der Waals surface area contributed by atoms with Gasteiger partial charge < -0.3 is 14.6 Å². The molecule has 1 fully saturated rings. The van der Waals surface area contributed by atoms with E-state index in [2.05, 4.69) is 10.3 Å². The number of carboxylic acid groups (broad SMARTS) is 1. The molecule has 4 rings (SSSR count). The van der Waals surface area contributed by atoms with E-state index in [-0.39, 0.29) is 18.4 Å². The minimum absolute atomic E-state index is 0.0505. The molecule has 0 saturated heterocycles. The van der Waals surface area contributed by atoms with Crippen molar-refractivity contribution in [1.82, 2.24) is 15.0 Å². The van der Waals surface area contributed by atoms with Crippen LogP contribution in [0.25, 0.3) is 5.69 Å². The number of ether oxygens (including phenoxy) is 2. The number of nitrogens with zero attached hydrogens (tertiary/aromatic N) is 3. The molecule has 0 amide bonds. The molecular formula is C16H17N3O4. The second-order valence-electron chi connectivity index (χ2n) is 5.91. The standard InChI is InChI=1S/C16H17N3O4/c20-16(21)14-15(10-4-2-1-3-5-10)19(18-17-14)11-6-7-12-13(8-11)23-9-22-12/h6-8,10H,1-5,9H2,(H,20,21). The first kappa shape index (κ1) is 14.0. The van der Waals surface area contributed by atoms with Crippen molar-refractivity contribution in [1.29, 1.82) is 0 Å². The first-order valence-electron chi connectivity index (χ1n) is 7.83. The lowest BCUT2D eigenvalue weighted by molar-refractivity contribution is 0.0688. The van der Waals surface area contributed by atoms with Gasteiger partial charge in [0.05, 0.1) is 11.4 Å². The molecule has 2 aliphatic rings. The molecule has 1 saturated carbocycles. The van der Waals surface area contributed by atoms with Gasteiger partial charge in [-0.3, -0.25) is 0 Å². The number of fused-ring (bicyclic) bond motifs is 1. The first-order valence-corrected chi connectivity index (χ1v) is 7.83. The SMILES string of the molecule is O=C(O)c1nnn(-c2ccc3c(c2)OCO3)c1C1CCCCC1. The van der Waals surface area contributed by atoms with Crippen LogP contribution in [0.3, 0.4) is 0 Å². The van der Waals surface area contributed by atoms with Gasteiger partial charge in [0.15, 0.2) is 17.2 Å². The van der Waals surface area contributed by atoms with Crippen molar-refractivity contribution in [2.45, 2.75) is 38.0 Å². The van der Waals surface area contributed by atoms with Crippen LogP contribution in [0.4, 0.5) is 0 Å². The van der Waals surface area contributed by atoms with Gasteiger partial charge in [-0.05, 0) is 25.0 Å². The van der Waals surface area contributed by atoms with Crippen molar-refractivity contribution >= 4 is 5.97 Å². The monoisotopic (exact) mass is 315 g/mol. The Balaban J connectivity index is 1.80. The molecule has 23 heavy (non-hydrogen) atoms. The summed E-state index contributed by atoms with van der Waals surface area (Å²) in [7, 11) is 0. The Morgan fingerprint density at radius 3 is 2.74 bits per heavy atom. The van der Waals surface area contributed by atoms with Gasteiger partial charge in [-0.2, -0.15) is 0 Å². The summed E-state index contributed by atoms with van der Waals surface area (Å²) in [5.74, 6) is 0.476. The van der Waals surface area contributed by atoms with Crippen LogP contribution in [0.2, 0.25) is 0 Å². The maximum absolute atomic E-state index is 11.5.